The number of aliphatic imine (C=N–C) groups is 1. The minimum Gasteiger partial charge on any atom is -0.623 e. The Morgan fingerprint density at radius 3 is 3.38 bits per heavy atom. The summed E-state index contributed by atoms with van der Waals surface area (Å²) in [6.45, 7) is 0. The van der Waals surface area contributed by atoms with E-state index in [9.17, 15) is 5.21 Å². The summed E-state index contributed by atoms with van der Waals surface area (Å²) >= 11 is 0. The number of hydroxylamine groups is 2. The van der Waals surface area contributed by atoms with Crippen molar-refractivity contribution in [3.63, 3.8) is 0 Å². The normalized spacial score (nSPS) is 25.9. The van der Waals surface area contributed by atoms with Gasteiger partial charge in [0.25, 0.3) is 0 Å². The topological polar surface area (TPSA) is 39.9 Å². The molecular weight excluding hydrogens is 104 g/mol. The average molecular weight is 109 g/mol. The molecule has 0 fully saturated rings. The molecule has 1 unspecified atom stereocenters. The van der Waals surface area contributed by atoms with E-state index in [1.807, 2.05) is 0 Å². The van der Waals surface area contributed by atoms with Crippen molar-refractivity contribution >= 4 is 6.34 Å². The minimum absolute atomic E-state index is 0.185. The van der Waals surface area contributed by atoms with Crippen LogP contribution in [0.4, 0.5) is 0 Å². The Morgan fingerprint density at radius 1 is 1.62 bits per heavy atom. The second-order valence-corrected chi connectivity index (χ2v) is 1.29. The van der Waals surface area contributed by atoms with Gasteiger partial charge >= 0.3 is 0 Å². The van der Waals surface area contributed by atoms with Gasteiger partial charge in [-0.25, -0.2) is 4.99 Å². The van der Waals surface area contributed by atoms with E-state index in [1.165, 1.54) is 18.6 Å². The van der Waals surface area contributed by atoms with Gasteiger partial charge in [0, 0.05) is 12.3 Å². The molecular formula is C5H5N2O. The van der Waals surface area contributed by atoms with Crippen LogP contribution in [-0.2, 0) is 0 Å². The highest BCUT2D eigenvalue weighted by Crippen LogP contribution is 1.74. The highest BCUT2D eigenvalue weighted by Gasteiger charge is 1.84. The highest BCUT2D eigenvalue weighted by molar-refractivity contribution is 5.45. The molecule has 1 heterocycles. The van der Waals surface area contributed by atoms with Crippen molar-refractivity contribution < 1.29 is 5.06 Å². The number of allylic oxidation sites excluding steroid dienone is 2. The first-order chi connectivity index (χ1) is 3.89. The molecule has 1 N–H and O–H groups in total. The molecule has 1 radical (unpaired) electrons. The number of hydrogen-bond acceptors (Lipinski definition) is 2. The van der Waals surface area contributed by atoms with Crippen LogP contribution in [0.5, 0.6) is 0 Å². The predicted octanol–water partition coefficient (Wildman–Crippen LogP) is -0.758. The van der Waals surface area contributed by atoms with Gasteiger partial charge in [-0.15, -0.1) is 0 Å². The van der Waals surface area contributed by atoms with Crippen LogP contribution in [-0.4, -0.2) is 6.34 Å². The van der Waals surface area contributed by atoms with Crippen LogP contribution in [0.2, 0.25) is 0 Å². The summed E-state index contributed by atoms with van der Waals surface area (Å²) in [7, 11) is 0. The number of nitrogens with zero attached hydrogens (tertiary/aromatic N) is 1. The van der Waals surface area contributed by atoms with E-state index in [-0.39, 0.29) is 5.06 Å². The van der Waals surface area contributed by atoms with E-state index in [1.54, 1.807) is 6.08 Å². The van der Waals surface area contributed by atoms with Crippen molar-refractivity contribution in [3.8, 4) is 0 Å². The Morgan fingerprint density at radius 2 is 2.50 bits per heavy atom. The van der Waals surface area contributed by atoms with Crippen LogP contribution in [0.25, 0.3) is 0 Å². The van der Waals surface area contributed by atoms with E-state index < -0.39 is 0 Å². The third-order valence-corrected chi connectivity index (χ3v) is 0.686. The lowest BCUT2D eigenvalue weighted by Gasteiger charge is -2.04. The Labute approximate surface area is 47.2 Å². The van der Waals surface area contributed by atoms with Crippen molar-refractivity contribution in [1.82, 2.24) is 0 Å². The molecule has 41 valence electrons. The fraction of sp³-hybridized carbons (Fsp3) is 0. The highest BCUT2D eigenvalue weighted by atomic mass is 16.5. The third-order valence-electron chi connectivity index (χ3n) is 0.686. The van der Waals surface area contributed by atoms with Crippen molar-refractivity contribution in [1.29, 1.82) is 0 Å². The second-order valence-electron chi connectivity index (χ2n) is 1.29. The summed E-state index contributed by atoms with van der Waals surface area (Å²) < 4.78 is 0. The van der Waals surface area contributed by atoms with E-state index in [4.69, 9.17) is 0 Å². The third kappa shape index (κ3) is 1.29. The molecule has 1 aliphatic rings. The summed E-state index contributed by atoms with van der Waals surface area (Å²) in [5, 5.41) is 10.2. The van der Waals surface area contributed by atoms with Crippen LogP contribution in [0.3, 0.4) is 0 Å². The van der Waals surface area contributed by atoms with Gasteiger partial charge in [-0.3, -0.25) is 5.06 Å². The molecule has 0 aromatic heterocycles. The van der Waals surface area contributed by atoms with Crippen molar-refractivity contribution in [3.05, 3.63) is 29.8 Å². The van der Waals surface area contributed by atoms with E-state index in [2.05, 4.69) is 11.2 Å². The summed E-state index contributed by atoms with van der Waals surface area (Å²) in [5.41, 5.74) is 0. The number of quaternary nitrogens is 1. The predicted molar refractivity (Wildman–Crippen MR) is 29.8 cm³/mol. The molecule has 8 heavy (non-hydrogen) atoms. The molecule has 0 aromatic carbocycles. The largest absolute Gasteiger partial charge is 0.623 e. The lowest BCUT2D eigenvalue weighted by atomic mass is 10.6. The van der Waals surface area contributed by atoms with Crippen LogP contribution < -0.4 is 5.06 Å². The van der Waals surface area contributed by atoms with Gasteiger partial charge in [0.15, 0.2) is 12.5 Å². The smallest absolute Gasteiger partial charge is 0.199 e. The van der Waals surface area contributed by atoms with Gasteiger partial charge < -0.3 is 5.21 Å². The maximum absolute atomic E-state index is 10.4. The average Bonchev–Trinajstić information content (AvgIpc) is 1.94. The lowest BCUT2D eigenvalue weighted by Crippen LogP contribution is -3.01. The summed E-state index contributed by atoms with van der Waals surface area (Å²) in [6.07, 6.45) is 8.40. The SMILES string of the molecule is [O-][NH+]1[C]=CC=CN=C1. The number of rotatable bonds is 0. The molecule has 0 bridgehead atoms. The molecule has 1 atom stereocenters. The Kier molecular flexibility index (Phi) is 1.56. The molecule has 3 heteroatoms. The molecule has 0 aliphatic carbocycles. The van der Waals surface area contributed by atoms with Crippen LogP contribution in [0.1, 0.15) is 0 Å². The fourth-order valence-corrected chi connectivity index (χ4v) is 0.371. The first kappa shape index (κ1) is 5.21. The first-order valence-electron chi connectivity index (χ1n) is 2.21. The molecule has 0 saturated carbocycles. The maximum atomic E-state index is 10.4. The lowest BCUT2D eigenvalue weighted by molar-refractivity contribution is -0.690. The molecule has 3 nitrogen and oxygen atoms in total. The summed E-state index contributed by atoms with van der Waals surface area (Å²) in [6, 6.07) is 0. The monoisotopic (exact) mass is 109 g/mol. The quantitative estimate of drug-likeness (QED) is 0.408. The number of hydrogen-bond donors (Lipinski definition) is 1. The Bertz CT molecular complexity index is 133. The summed E-state index contributed by atoms with van der Waals surface area (Å²) in [4.78, 5) is 3.60. The van der Waals surface area contributed by atoms with Crippen LogP contribution >= 0.6 is 0 Å². The van der Waals surface area contributed by atoms with Gasteiger partial charge in [-0.1, -0.05) is 0 Å². The molecule has 0 saturated heterocycles. The van der Waals surface area contributed by atoms with Gasteiger partial charge in [0.2, 0.25) is 0 Å². The van der Waals surface area contributed by atoms with E-state index in [0.717, 1.165) is 0 Å². The van der Waals surface area contributed by atoms with Gasteiger partial charge in [0.1, 0.15) is 0 Å². The zero-order chi connectivity index (χ0) is 5.82. The standard InChI is InChI=1S/C5H5N2O/c8-7-4-2-1-3-6-5-7/h1-3,5,7H. The Hall–Kier alpha value is -0.930. The zero-order valence-electron chi connectivity index (χ0n) is 4.16. The molecule has 1 rings (SSSR count). The van der Waals surface area contributed by atoms with Gasteiger partial charge in [0.05, 0.1) is 0 Å². The van der Waals surface area contributed by atoms with Crippen molar-refractivity contribution in [2.24, 2.45) is 4.99 Å². The van der Waals surface area contributed by atoms with Crippen molar-refractivity contribution in [2.45, 2.75) is 0 Å². The molecule has 0 amide bonds. The van der Waals surface area contributed by atoms with Crippen molar-refractivity contribution in [2.75, 3.05) is 0 Å². The van der Waals surface area contributed by atoms with Crippen LogP contribution in [0.15, 0.2) is 23.3 Å². The van der Waals surface area contributed by atoms with Gasteiger partial charge in [-0.2, -0.15) is 0 Å². The minimum atomic E-state index is -0.185. The number of nitrogens with one attached hydrogen (secondary N) is 1. The first-order valence-corrected chi connectivity index (χ1v) is 2.21. The van der Waals surface area contributed by atoms with Gasteiger partial charge in [-0.05, 0) is 6.08 Å². The maximum Gasteiger partial charge on any atom is 0.199 e. The molecule has 0 spiro atoms. The van der Waals surface area contributed by atoms with E-state index in [0.29, 0.717) is 0 Å². The Balaban J connectivity index is 2.66. The molecule has 0 aromatic rings. The van der Waals surface area contributed by atoms with Crippen LogP contribution in [0, 0.1) is 11.4 Å². The second kappa shape index (κ2) is 2.40. The zero-order valence-corrected chi connectivity index (χ0v) is 4.16. The fourth-order valence-electron chi connectivity index (χ4n) is 0.371. The summed E-state index contributed by atoms with van der Waals surface area (Å²) in [5.74, 6) is 0. The molecule has 1 aliphatic heterocycles. The van der Waals surface area contributed by atoms with E-state index >= 15 is 0 Å².